The van der Waals surface area contributed by atoms with Crippen molar-refractivity contribution in [2.45, 2.75) is 33.6 Å². The molecule has 0 radical (unpaired) electrons. The number of amides is 2. The predicted octanol–water partition coefficient (Wildman–Crippen LogP) is 2.60. The van der Waals surface area contributed by atoms with E-state index < -0.39 is 0 Å². The Bertz CT molecular complexity index is 823. The number of carbonyl (C=O) groups is 2. The summed E-state index contributed by atoms with van der Waals surface area (Å²) in [6.45, 7) is 9.81. The Morgan fingerprint density at radius 1 is 1.10 bits per heavy atom. The highest BCUT2D eigenvalue weighted by Crippen LogP contribution is 2.18. The maximum atomic E-state index is 12.9. The van der Waals surface area contributed by atoms with Gasteiger partial charge in [0.25, 0.3) is 11.8 Å². The zero-order valence-corrected chi connectivity index (χ0v) is 17.4. The summed E-state index contributed by atoms with van der Waals surface area (Å²) in [4.78, 5) is 40.0. The van der Waals surface area contributed by atoms with Gasteiger partial charge < -0.3 is 19.1 Å². The Kier molecular flexibility index (Phi) is 6.85. The number of anilines is 1. The molecule has 156 valence electrons. The van der Waals surface area contributed by atoms with E-state index in [2.05, 4.69) is 28.7 Å². The smallest absolute Gasteiger partial charge is 0.289 e. The second-order valence-corrected chi connectivity index (χ2v) is 7.21. The Morgan fingerprint density at radius 2 is 1.79 bits per heavy atom. The lowest BCUT2D eigenvalue weighted by molar-refractivity contribution is 0.0714. The third-order valence-corrected chi connectivity index (χ3v) is 4.94. The van der Waals surface area contributed by atoms with Gasteiger partial charge in [-0.05, 0) is 31.9 Å². The van der Waals surface area contributed by atoms with E-state index in [1.54, 1.807) is 30.0 Å². The normalized spacial score (nSPS) is 14.2. The number of aryl methyl sites for hydroxylation is 1. The minimum Gasteiger partial charge on any atom is -0.459 e. The van der Waals surface area contributed by atoms with Gasteiger partial charge >= 0.3 is 0 Å². The van der Waals surface area contributed by atoms with Crippen molar-refractivity contribution in [1.82, 2.24) is 19.8 Å². The van der Waals surface area contributed by atoms with E-state index in [1.165, 1.54) is 6.26 Å². The lowest BCUT2D eigenvalue weighted by Gasteiger charge is -2.35. The summed E-state index contributed by atoms with van der Waals surface area (Å²) in [5, 5.41) is 0. The second kappa shape index (κ2) is 9.54. The first kappa shape index (κ1) is 20.8. The Morgan fingerprint density at radius 3 is 2.38 bits per heavy atom. The van der Waals surface area contributed by atoms with Gasteiger partial charge in [0.2, 0.25) is 0 Å². The van der Waals surface area contributed by atoms with Crippen molar-refractivity contribution >= 4 is 17.6 Å². The first-order valence-corrected chi connectivity index (χ1v) is 10.3. The quantitative estimate of drug-likeness (QED) is 0.712. The molecule has 0 unspecified atom stereocenters. The standard InChI is InChI=1S/C21H29N5O3/c1-4-8-25(9-5-2)20(27)17-15-19(23-16(3)22-17)24-10-12-26(13-11-24)21(28)18-7-6-14-29-18/h6-7,14-15H,4-5,8-13H2,1-3H3. The average molecular weight is 399 g/mol. The monoisotopic (exact) mass is 399 g/mol. The summed E-state index contributed by atoms with van der Waals surface area (Å²) < 4.78 is 5.21. The molecule has 0 N–H and O–H groups in total. The zero-order chi connectivity index (χ0) is 20.8. The third-order valence-electron chi connectivity index (χ3n) is 4.94. The van der Waals surface area contributed by atoms with E-state index >= 15 is 0 Å². The van der Waals surface area contributed by atoms with Crippen LogP contribution in [0.5, 0.6) is 0 Å². The molecule has 0 saturated carbocycles. The van der Waals surface area contributed by atoms with Crippen LogP contribution in [0, 0.1) is 6.92 Å². The van der Waals surface area contributed by atoms with Gasteiger partial charge in [0.05, 0.1) is 6.26 Å². The molecule has 29 heavy (non-hydrogen) atoms. The van der Waals surface area contributed by atoms with E-state index in [4.69, 9.17) is 4.42 Å². The lowest BCUT2D eigenvalue weighted by atomic mass is 10.2. The van der Waals surface area contributed by atoms with Crippen LogP contribution in [-0.2, 0) is 0 Å². The van der Waals surface area contributed by atoms with E-state index in [0.29, 0.717) is 43.5 Å². The van der Waals surface area contributed by atoms with Crippen LogP contribution in [0.3, 0.4) is 0 Å². The molecule has 2 amide bonds. The maximum Gasteiger partial charge on any atom is 0.289 e. The first-order valence-electron chi connectivity index (χ1n) is 10.3. The molecule has 3 heterocycles. The van der Waals surface area contributed by atoms with Gasteiger partial charge in [0.15, 0.2) is 5.76 Å². The molecule has 1 saturated heterocycles. The molecule has 0 aromatic carbocycles. The number of carbonyl (C=O) groups excluding carboxylic acids is 2. The van der Waals surface area contributed by atoms with Crippen molar-refractivity contribution in [2.75, 3.05) is 44.2 Å². The van der Waals surface area contributed by atoms with Crippen LogP contribution in [0.4, 0.5) is 5.82 Å². The van der Waals surface area contributed by atoms with Crippen LogP contribution in [-0.4, -0.2) is 70.9 Å². The summed E-state index contributed by atoms with van der Waals surface area (Å²) >= 11 is 0. The Balaban J connectivity index is 1.70. The maximum absolute atomic E-state index is 12.9. The van der Waals surface area contributed by atoms with Gasteiger partial charge in [0.1, 0.15) is 17.3 Å². The minimum atomic E-state index is -0.0980. The molecule has 8 heteroatoms. The first-order chi connectivity index (χ1) is 14.0. The van der Waals surface area contributed by atoms with Crippen molar-refractivity contribution in [3.05, 3.63) is 41.7 Å². The van der Waals surface area contributed by atoms with Crippen LogP contribution < -0.4 is 4.90 Å². The fraction of sp³-hybridized carbons (Fsp3) is 0.524. The summed E-state index contributed by atoms with van der Waals surface area (Å²) in [5.74, 6) is 1.52. The molecular weight excluding hydrogens is 370 g/mol. The summed E-state index contributed by atoms with van der Waals surface area (Å²) in [6.07, 6.45) is 3.33. The summed E-state index contributed by atoms with van der Waals surface area (Å²) in [5.41, 5.74) is 0.434. The molecule has 2 aromatic rings. The van der Waals surface area contributed by atoms with Crippen LogP contribution in [0.25, 0.3) is 0 Å². The molecule has 1 fully saturated rings. The molecular formula is C21H29N5O3. The van der Waals surface area contributed by atoms with Gasteiger partial charge in [0, 0.05) is 45.3 Å². The van der Waals surface area contributed by atoms with Crippen molar-refractivity contribution in [2.24, 2.45) is 0 Å². The zero-order valence-electron chi connectivity index (χ0n) is 17.4. The van der Waals surface area contributed by atoms with Gasteiger partial charge in [-0.25, -0.2) is 9.97 Å². The molecule has 0 bridgehead atoms. The molecule has 0 atom stereocenters. The fourth-order valence-corrected chi connectivity index (χ4v) is 3.53. The average Bonchev–Trinajstić information content (AvgIpc) is 3.27. The van der Waals surface area contributed by atoms with Crippen LogP contribution in [0.15, 0.2) is 28.9 Å². The van der Waals surface area contributed by atoms with Crippen LogP contribution in [0.1, 0.15) is 53.6 Å². The number of furan rings is 1. The molecule has 0 aliphatic carbocycles. The van der Waals surface area contributed by atoms with E-state index in [-0.39, 0.29) is 11.8 Å². The number of aromatic nitrogens is 2. The number of rotatable bonds is 7. The highest BCUT2D eigenvalue weighted by atomic mass is 16.3. The van der Waals surface area contributed by atoms with Crippen LogP contribution >= 0.6 is 0 Å². The predicted molar refractivity (Wildman–Crippen MR) is 110 cm³/mol. The van der Waals surface area contributed by atoms with E-state index in [0.717, 1.165) is 31.7 Å². The van der Waals surface area contributed by atoms with E-state index in [1.807, 2.05) is 4.90 Å². The number of hydrogen-bond acceptors (Lipinski definition) is 6. The SMILES string of the molecule is CCCN(CCC)C(=O)c1cc(N2CCN(C(=O)c3ccco3)CC2)nc(C)n1. The second-order valence-electron chi connectivity index (χ2n) is 7.21. The molecule has 0 spiro atoms. The largest absolute Gasteiger partial charge is 0.459 e. The number of nitrogens with zero attached hydrogens (tertiary/aromatic N) is 5. The molecule has 1 aliphatic heterocycles. The highest BCUT2D eigenvalue weighted by Gasteiger charge is 2.25. The van der Waals surface area contributed by atoms with Crippen molar-refractivity contribution in [3.63, 3.8) is 0 Å². The highest BCUT2D eigenvalue weighted by molar-refractivity contribution is 5.93. The Hall–Kier alpha value is -2.90. The molecule has 1 aliphatic rings. The molecule has 8 nitrogen and oxygen atoms in total. The Labute approximate surface area is 171 Å². The molecule has 3 rings (SSSR count). The fourth-order valence-electron chi connectivity index (χ4n) is 3.53. The van der Waals surface area contributed by atoms with Crippen molar-refractivity contribution in [3.8, 4) is 0 Å². The topological polar surface area (TPSA) is 82.8 Å². The van der Waals surface area contributed by atoms with Gasteiger partial charge in [-0.15, -0.1) is 0 Å². The van der Waals surface area contributed by atoms with Crippen molar-refractivity contribution < 1.29 is 14.0 Å². The van der Waals surface area contributed by atoms with Gasteiger partial charge in [-0.3, -0.25) is 9.59 Å². The molecule has 2 aromatic heterocycles. The van der Waals surface area contributed by atoms with Crippen LogP contribution in [0.2, 0.25) is 0 Å². The minimum absolute atomic E-state index is 0.0490. The van der Waals surface area contributed by atoms with Crippen molar-refractivity contribution in [1.29, 1.82) is 0 Å². The lowest BCUT2D eigenvalue weighted by Crippen LogP contribution is -2.49. The summed E-state index contributed by atoms with van der Waals surface area (Å²) in [6, 6.07) is 5.17. The number of piperazine rings is 1. The third kappa shape index (κ3) is 4.93. The van der Waals surface area contributed by atoms with Gasteiger partial charge in [-0.1, -0.05) is 13.8 Å². The van der Waals surface area contributed by atoms with E-state index in [9.17, 15) is 9.59 Å². The summed E-state index contributed by atoms with van der Waals surface area (Å²) in [7, 11) is 0. The number of hydrogen-bond donors (Lipinski definition) is 0. The van der Waals surface area contributed by atoms with Gasteiger partial charge in [-0.2, -0.15) is 0 Å².